The third kappa shape index (κ3) is 3.92. The molecule has 29 heavy (non-hydrogen) atoms. The second kappa shape index (κ2) is 7.77. The Labute approximate surface area is 174 Å². The number of anilines is 1. The number of halogens is 2. The maximum absolute atomic E-state index is 13.3. The second-order valence-electron chi connectivity index (χ2n) is 6.55. The molecule has 5 nitrogen and oxygen atoms in total. The van der Waals surface area contributed by atoms with Crippen LogP contribution in [-0.4, -0.2) is 15.5 Å². The number of aromatic nitrogens is 2. The van der Waals surface area contributed by atoms with Crippen molar-refractivity contribution in [2.45, 2.75) is 13.5 Å². The number of amides is 1. The molecular weight excluding hydrogens is 413 g/mol. The van der Waals surface area contributed by atoms with Gasteiger partial charge in [0.05, 0.1) is 16.7 Å². The first-order valence-corrected chi connectivity index (χ1v) is 9.97. The van der Waals surface area contributed by atoms with Crippen LogP contribution in [0.3, 0.4) is 0 Å². The summed E-state index contributed by atoms with van der Waals surface area (Å²) in [5.74, 6) is -1.01. The van der Waals surface area contributed by atoms with E-state index in [1.165, 1.54) is 34.4 Å². The number of nitrogens with zero attached hydrogens (tertiary/aromatic N) is 2. The summed E-state index contributed by atoms with van der Waals surface area (Å²) in [4.78, 5) is 30.3. The Balaban J connectivity index is 1.64. The van der Waals surface area contributed by atoms with Gasteiger partial charge in [-0.2, -0.15) is 0 Å². The summed E-state index contributed by atoms with van der Waals surface area (Å²) >= 11 is 7.12. The maximum atomic E-state index is 13.3. The number of carbonyl (C=O) groups excluding carboxylic acids is 1. The lowest BCUT2D eigenvalue weighted by molar-refractivity contribution is -0.116. The zero-order chi connectivity index (χ0) is 20.5. The Morgan fingerprint density at radius 3 is 2.72 bits per heavy atom. The third-order valence-electron chi connectivity index (χ3n) is 4.44. The van der Waals surface area contributed by atoms with E-state index in [1.807, 2.05) is 36.6 Å². The minimum Gasteiger partial charge on any atom is -0.324 e. The van der Waals surface area contributed by atoms with Crippen LogP contribution in [0.4, 0.5) is 10.1 Å². The monoisotopic (exact) mass is 427 g/mol. The number of nitrogens with one attached hydrogen (secondary N) is 1. The summed E-state index contributed by atoms with van der Waals surface area (Å²) in [6.07, 6.45) is 1.36. The van der Waals surface area contributed by atoms with Crippen LogP contribution in [0, 0.1) is 12.7 Å². The summed E-state index contributed by atoms with van der Waals surface area (Å²) < 4.78 is 14.5. The summed E-state index contributed by atoms with van der Waals surface area (Å²) in [6.45, 7) is 1.77. The average Bonchev–Trinajstić information content (AvgIpc) is 3.12. The van der Waals surface area contributed by atoms with E-state index in [4.69, 9.17) is 11.6 Å². The quantitative estimate of drug-likeness (QED) is 0.505. The molecule has 2 aromatic carbocycles. The van der Waals surface area contributed by atoms with Gasteiger partial charge in [0, 0.05) is 16.6 Å². The molecule has 2 heterocycles. The molecule has 0 aliphatic rings. The van der Waals surface area contributed by atoms with E-state index in [0.29, 0.717) is 15.9 Å². The number of thiophene rings is 1. The van der Waals surface area contributed by atoms with Crippen LogP contribution < -0.4 is 10.9 Å². The minimum absolute atomic E-state index is 0.0935. The van der Waals surface area contributed by atoms with Gasteiger partial charge in [-0.15, -0.1) is 11.3 Å². The smallest absolute Gasteiger partial charge is 0.263 e. The lowest BCUT2D eigenvalue weighted by Crippen LogP contribution is -2.27. The molecule has 0 fully saturated rings. The van der Waals surface area contributed by atoms with Crippen LogP contribution in [0.2, 0.25) is 5.02 Å². The number of fused-ring (bicyclic) bond motifs is 1. The van der Waals surface area contributed by atoms with Crippen LogP contribution in [0.1, 0.15) is 5.56 Å². The SMILES string of the molecule is Cc1ccc(-c2csc3ncn(CC(=O)Nc4ccc(F)c(Cl)c4)c(=O)c23)cc1. The van der Waals surface area contributed by atoms with Gasteiger partial charge in [0.15, 0.2) is 0 Å². The van der Waals surface area contributed by atoms with E-state index in [0.717, 1.165) is 22.8 Å². The molecule has 8 heteroatoms. The summed E-state index contributed by atoms with van der Waals surface area (Å²) in [5.41, 5.74) is 2.89. The highest BCUT2D eigenvalue weighted by Gasteiger charge is 2.15. The van der Waals surface area contributed by atoms with Crippen molar-refractivity contribution < 1.29 is 9.18 Å². The zero-order valence-corrected chi connectivity index (χ0v) is 16.9. The van der Waals surface area contributed by atoms with Crippen LogP contribution in [0.25, 0.3) is 21.3 Å². The second-order valence-corrected chi connectivity index (χ2v) is 7.82. The normalized spacial score (nSPS) is 11.0. The first-order valence-electron chi connectivity index (χ1n) is 8.71. The summed E-state index contributed by atoms with van der Waals surface area (Å²) in [7, 11) is 0. The Kier molecular flexibility index (Phi) is 5.17. The number of hydrogen-bond acceptors (Lipinski definition) is 4. The fourth-order valence-corrected chi connectivity index (χ4v) is 4.04. The van der Waals surface area contributed by atoms with E-state index < -0.39 is 11.7 Å². The number of benzene rings is 2. The van der Waals surface area contributed by atoms with Crippen LogP contribution in [0.5, 0.6) is 0 Å². The molecule has 0 aliphatic carbocycles. The van der Waals surface area contributed by atoms with Gasteiger partial charge in [-0.05, 0) is 30.7 Å². The first-order chi connectivity index (χ1) is 13.9. The highest BCUT2D eigenvalue weighted by molar-refractivity contribution is 7.17. The van der Waals surface area contributed by atoms with Crippen molar-refractivity contribution in [2.75, 3.05) is 5.32 Å². The molecule has 1 amide bonds. The minimum atomic E-state index is -0.573. The number of hydrogen-bond donors (Lipinski definition) is 1. The molecule has 2 aromatic heterocycles. The van der Waals surface area contributed by atoms with Crippen molar-refractivity contribution in [3.8, 4) is 11.1 Å². The molecule has 0 atom stereocenters. The van der Waals surface area contributed by atoms with Gasteiger partial charge in [0.2, 0.25) is 5.91 Å². The predicted molar refractivity (Wildman–Crippen MR) is 114 cm³/mol. The summed E-state index contributed by atoms with van der Waals surface area (Å²) in [5, 5.41) is 4.89. The molecule has 146 valence electrons. The Morgan fingerprint density at radius 1 is 1.24 bits per heavy atom. The van der Waals surface area contributed by atoms with Gasteiger partial charge in [-0.1, -0.05) is 41.4 Å². The third-order valence-corrected chi connectivity index (χ3v) is 5.62. The lowest BCUT2D eigenvalue weighted by Gasteiger charge is -2.08. The molecule has 0 saturated carbocycles. The Hall–Kier alpha value is -3.03. The van der Waals surface area contributed by atoms with Crippen LogP contribution in [-0.2, 0) is 11.3 Å². The number of rotatable bonds is 4. The van der Waals surface area contributed by atoms with Gasteiger partial charge >= 0.3 is 0 Å². The fourth-order valence-electron chi connectivity index (χ4n) is 2.95. The van der Waals surface area contributed by atoms with Crippen molar-refractivity contribution >= 4 is 44.7 Å². The van der Waals surface area contributed by atoms with E-state index in [9.17, 15) is 14.0 Å². The molecule has 0 unspecified atom stereocenters. The molecule has 0 spiro atoms. The standard InChI is InChI=1S/C21H15ClFN3O2S/c1-12-2-4-13(5-3-12)15-10-29-20-19(15)21(28)26(11-24-20)9-18(27)25-14-6-7-17(23)16(22)8-14/h2-8,10-11H,9H2,1H3,(H,25,27). The molecule has 0 saturated heterocycles. The maximum Gasteiger partial charge on any atom is 0.263 e. The molecule has 4 rings (SSSR count). The topological polar surface area (TPSA) is 64.0 Å². The predicted octanol–water partition coefficient (Wildman–Crippen LogP) is 4.86. The van der Waals surface area contributed by atoms with Crippen LogP contribution in [0.15, 0.2) is 59.0 Å². The van der Waals surface area contributed by atoms with E-state index in [-0.39, 0.29) is 17.1 Å². The number of carbonyl (C=O) groups is 1. The average molecular weight is 428 g/mol. The molecule has 0 radical (unpaired) electrons. The number of aryl methyl sites for hydroxylation is 1. The first kappa shape index (κ1) is 19.3. The Bertz CT molecular complexity index is 1280. The molecule has 0 aliphatic heterocycles. The lowest BCUT2D eigenvalue weighted by atomic mass is 10.1. The van der Waals surface area contributed by atoms with Gasteiger partial charge < -0.3 is 5.32 Å². The van der Waals surface area contributed by atoms with E-state index in [2.05, 4.69) is 10.3 Å². The van der Waals surface area contributed by atoms with Crippen molar-refractivity contribution in [1.82, 2.24) is 9.55 Å². The highest BCUT2D eigenvalue weighted by Crippen LogP contribution is 2.30. The molecule has 1 N–H and O–H groups in total. The molecule has 0 bridgehead atoms. The van der Waals surface area contributed by atoms with E-state index in [1.54, 1.807) is 0 Å². The Morgan fingerprint density at radius 2 is 2.00 bits per heavy atom. The summed E-state index contributed by atoms with van der Waals surface area (Å²) in [6, 6.07) is 11.8. The van der Waals surface area contributed by atoms with Crippen LogP contribution >= 0.6 is 22.9 Å². The van der Waals surface area contributed by atoms with Gasteiger partial charge in [-0.25, -0.2) is 9.37 Å². The van der Waals surface area contributed by atoms with E-state index >= 15 is 0 Å². The fraction of sp³-hybridized carbons (Fsp3) is 0.0952. The molecule has 4 aromatic rings. The van der Waals surface area contributed by atoms with Gasteiger partial charge in [0.25, 0.3) is 5.56 Å². The highest BCUT2D eigenvalue weighted by atomic mass is 35.5. The largest absolute Gasteiger partial charge is 0.324 e. The van der Waals surface area contributed by atoms with Gasteiger partial charge in [0.1, 0.15) is 17.2 Å². The molecular formula is C21H15ClFN3O2S. The van der Waals surface area contributed by atoms with Crippen molar-refractivity contribution in [3.63, 3.8) is 0 Å². The van der Waals surface area contributed by atoms with Crippen molar-refractivity contribution in [1.29, 1.82) is 0 Å². The zero-order valence-electron chi connectivity index (χ0n) is 15.3. The van der Waals surface area contributed by atoms with Crippen molar-refractivity contribution in [3.05, 3.63) is 80.9 Å². The van der Waals surface area contributed by atoms with Crippen molar-refractivity contribution in [2.24, 2.45) is 0 Å². The van der Waals surface area contributed by atoms with Gasteiger partial charge in [-0.3, -0.25) is 14.2 Å².